The second-order valence-corrected chi connectivity index (χ2v) is 4.84. The van der Waals surface area contributed by atoms with E-state index in [1.54, 1.807) is 0 Å². The van der Waals surface area contributed by atoms with Crippen LogP contribution in [0.1, 0.15) is 25.7 Å². The van der Waals surface area contributed by atoms with Crippen molar-refractivity contribution in [2.75, 3.05) is 20.1 Å². The molecule has 112 valence electrons. The third-order valence-corrected chi connectivity index (χ3v) is 3.31. The first kappa shape index (κ1) is 16.2. The Morgan fingerprint density at radius 1 is 1.25 bits per heavy atom. The van der Waals surface area contributed by atoms with Crippen molar-refractivity contribution >= 4 is 17.9 Å². The molecule has 0 bridgehead atoms. The number of rotatable bonds is 6. The zero-order valence-electron chi connectivity index (χ0n) is 11.6. The summed E-state index contributed by atoms with van der Waals surface area (Å²) in [5.41, 5.74) is 0. The minimum absolute atomic E-state index is 0.439. The van der Waals surface area contributed by atoms with Crippen molar-refractivity contribution in [2.24, 2.45) is 0 Å². The smallest absolute Gasteiger partial charge is 0.328 e. The van der Waals surface area contributed by atoms with Gasteiger partial charge >= 0.3 is 12.0 Å². The summed E-state index contributed by atoms with van der Waals surface area (Å²) in [6.07, 6.45) is 6.38. The fraction of sp³-hybridized carbons (Fsp3) is 0.615. The normalized spacial score (nSPS) is 15.7. The zero-order chi connectivity index (χ0) is 15.0. The average Bonchev–Trinajstić information content (AvgIpc) is 2.90. The highest BCUT2D eigenvalue weighted by Crippen LogP contribution is 2.21. The summed E-state index contributed by atoms with van der Waals surface area (Å²) in [6, 6.07) is -0.0372. The van der Waals surface area contributed by atoms with Crippen LogP contribution in [0.5, 0.6) is 0 Å². The Hall–Kier alpha value is -1.89. The third kappa shape index (κ3) is 6.33. The van der Waals surface area contributed by atoms with Gasteiger partial charge in [0.2, 0.25) is 0 Å². The van der Waals surface area contributed by atoms with Gasteiger partial charge in [-0.05, 0) is 19.9 Å². The molecule has 0 aromatic rings. The number of hydrogen-bond acceptors (Lipinski definition) is 4. The fourth-order valence-corrected chi connectivity index (χ4v) is 2.22. The number of amides is 3. The lowest BCUT2D eigenvalue weighted by Gasteiger charge is -2.23. The molecule has 0 spiro atoms. The lowest BCUT2D eigenvalue weighted by Crippen LogP contribution is -2.43. The van der Waals surface area contributed by atoms with Crippen molar-refractivity contribution in [3.63, 3.8) is 0 Å². The van der Waals surface area contributed by atoms with Crippen LogP contribution in [0.15, 0.2) is 12.2 Å². The van der Waals surface area contributed by atoms with E-state index in [4.69, 9.17) is 5.11 Å². The minimum atomic E-state index is -1.24. The molecular formula is C13H21N3O4. The lowest BCUT2D eigenvalue weighted by atomic mass is 10.2. The van der Waals surface area contributed by atoms with Gasteiger partial charge in [0.25, 0.3) is 5.91 Å². The number of nitrogens with zero attached hydrogens (tertiary/aromatic N) is 1. The minimum Gasteiger partial charge on any atom is -0.478 e. The second kappa shape index (κ2) is 8.31. The number of imide groups is 1. The molecule has 20 heavy (non-hydrogen) atoms. The molecular weight excluding hydrogens is 262 g/mol. The Morgan fingerprint density at radius 2 is 1.90 bits per heavy atom. The van der Waals surface area contributed by atoms with Crippen LogP contribution < -0.4 is 10.6 Å². The molecule has 0 unspecified atom stereocenters. The molecule has 3 N–H and O–H groups in total. The van der Waals surface area contributed by atoms with Crippen LogP contribution >= 0.6 is 0 Å². The van der Waals surface area contributed by atoms with Crippen molar-refractivity contribution in [2.45, 2.75) is 31.7 Å². The van der Waals surface area contributed by atoms with Crippen LogP contribution in [0.3, 0.4) is 0 Å². The van der Waals surface area contributed by atoms with Gasteiger partial charge in [-0.2, -0.15) is 0 Å². The number of carbonyl (C=O) groups is 3. The molecule has 0 heterocycles. The number of nitrogens with one attached hydrogen (secondary N) is 2. The first-order valence-electron chi connectivity index (χ1n) is 6.69. The topological polar surface area (TPSA) is 98.7 Å². The number of carboxylic acids is 1. The Morgan fingerprint density at radius 3 is 2.50 bits per heavy atom. The predicted molar refractivity (Wildman–Crippen MR) is 73.2 cm³/mol. The molecule has 1 fully saturated rings. The van der Waals surface area contributed by atoms with E-state index in [1.807, 2.05) is 12.4 Å². The highest BCUT2D eigenvalue weighted by atomic mass is 16.4. The Balaban J connectivity index is 2.16. The molecule has 1 aliphatic carbocycles. The molecule has 0 atom stereocenters. The summed E-state index contributed by atoms with van der Waals surface area (Å²) < 4.78 is 0. The van der Waals surface area contributed by atoms with E-state index >= 15 is 0 Å². The van der Waals surface area contributed by atoms with Crippen LogP contribution in [0.25, 0.3) is 0 Å². The average molecular weight is 283 g/mol. The molecule has 7 nitrogen and oxygen atoms in total. The largest absolute Gasteiger partial charge is 0.478 e. The van der Waals surface area contributed by atoms with Crippen LogP contribution in [0.4, 0.5) is 4.79 Å². The number of carboxylic acid groups (broad SMARTS) is 1. The fourth-order valence-electron chi connectivity index (χ4n) is 2.22. The van der Waals surface area contributed by atoms with Gasteiger partial charge in [0.15, 0.2) is 0 Å². The number of likely N-dealkylation sites (N-methyl/N-ethyl adjacent to an activating group) is 1. The molecule has 7 heteroatoms. The number of carbonyl (C=O) groups excluding carboxylic acids is 2. The monoisotopic (exact) mass is 283 g/mol. The van der Waals surface area contributed by atoms with Crippen LogP contribution in [0, 0.1) is 0 Å². The van der Waals surface area contributed by atoms with Gasteiger partial charge in [0, 0.05) is 31.3 Å². The molecule has 1 saturated carbocycles. The van der Waals surface area contributed by atoms with E-state index in [1.165, 1.54) is 25.7 Å². The van der Waals surface area contributed by atoms with Crippen LogP contribution in [-0.4, -0.2) is 54.1 Å². The standard InChI is InChI=1S/C13H21N3O4/c1-16(10-4-2-3-5-10)9-8-14-13(20)15-11(17)6-7-12(18)19/h6-7,10H,2-5,8-9H2,1H3,(H,18,19)(H2,14,15,17,20). The summed E-state index contributed by atoms with van der Waals surface area (Å²) in [5, 5.41) is 12.9. The van der Waals surface area contributed by atoms with Crippen molar-refractivity contribution in [3.8, 4) is 0 Å². The molecule has 0 aliphatic heterocycles. The van der Waals surface area contributed by atoms with Gasteiger partial charge in [-0.3, -0.25) is 10.1 Å². The Kier molecular flexibility index (Phi) is 6.72. The van der Waals surface area contributed by atoms with Gasteiger partial charge in [-0.15, -0.1) is 0 Å². The maximum Gasteiger partial charge on any atom is 0.328 e. The van der Waals surface area contributed by atoms with Crippen molar-refractivity contribution in [3.05, 3.63) is 12.2 Å². The molecule has 0 radical (unpaired) electrons. The molecule has 0 saturated heterocycles. The summed E-state index contributed by atoms with van der Waals surface area (Å²) >= 11 is 0. The van der Waals surface area contributed by atoms with Gasteiger partial charge in [0.05, 0.1) is 0 Å². The molecule has 0 aromatic carbocycles. The summed E-state index contributed by atoms with van der Waals surface area (Å²) in [7, 11) is 2.02. The second-order valence-electron chi connectivity index (χ2n) is 4.84. The Bertz CT molecular complexity index is 389. The van der Waals surface area contributed by atoms with E-state index in [-0.39, 0.29) is 0 Å². The van der Waals surface area contributed by atoms with Crippen molar-refractivity contribution in [1.82, 2.24) is 15.5 Å². The third-order valence-electron chi connectivity index (χ3n) is 3.31. The molecule has 1 rings (SSSR count). The summed E-state index contributed by atoms with van der Waals surface area (Å²) in [5.74, 6) is -1.99. The van der Waals surface area contributed by atoms with E-state index in [0.29, 0.717) is 18.7 Å². The van der Waals surface area contributed by atoms with Crippen LogP contribution in [-0.2, 0) is 9.59 Å². The number of hydrogen-bond donors (Lipinski definition) is 3. The van der Waals surface area contributed by atoms with E-state index in [2.05, 4.69) is 10.2 Å². The predicted octanol–water partition coefficient (Wildman–Crippen LogP) is 0.327. The SMILES string of the molecule is CN(CCNC(=O)NC(=O)C=CC(=O)O)C1CCCC1. The van der Waals surface area contributed by atoms with Gasteiger partial charge in [0.1, 0.15) is 0 Å². The molecule has 3 amide bonds. The first-order valence-corrected chi connectivity index (χ1v) is 6.69. The quantitative estimate of drug-likeness (QED) is 0.610. The number of urea groups is 1. The highest BCUT2D eigenvalue weighted by Gasteiger charge is 2.18. The molecule has 0 aromatic heterocycles. The molecule has 1 aliphatic rings. The highest BCUT2D eigenvalue weighted by molar-refractivity contribution is 6.02. The Labute approximate surface area is 118 Å². The van der Waals surface area contributed by atoms with E-state index in [9.17, 15) is 14.4 Å². The zero-order valence-corrected chi connectivity index (χ0v) is 11.6. The maximum absolute atomic E-state index is 11.4. The summed E-state index contributed by atoms with van der Waals surface area (Å²) in [6.45, 7) is 1.16. The van der Waals surface area contributed by atoms with E-state index < -0.39 is 17.9 Å². The number of aliphatic carboxylic acids is 1. The van der Waals surface area contributed by atoms with Crippen LogP contribution in [0.2, 0.25) is 0 Å². The van der Waals surface area contributed by atoms with Gasteiger partial charge in [-0.25, -0.2) is 9.59 Å². The summed E-state index contributed by atoms with van der Waals surface area (Å²) in [4.78, 5) is 34.9. The van der Waals surface area contributed by atoms with Gasteiger partial charge in [-0.1, -0.05) is 12.8 Å². The maximum atomic E-state index is 11.4. The van der Waals surface area contributed by atoms with Gasteiger partial charge < -0.3 is 15.3 Å². The van der Waals surface area contributed by atoms with Crippen molar-refractivity contribution in [1.29, 1.82) is 0 Å². The van der Waals surface area contributed by atoms with Crippen molar-refractivity contribution < 1.29 is 19.5 Å². The first-order chi connectivity index (χ1) is 9.49. The van der Waals surface area contributed by atoms with E-state index in [0.717, 1.165) is 12.6 Å². The lowest BCUT2D eigenvalue weighted by molar-refractivity contribution is -0.131.